The van der Waals surface area contributed by atoms with Gasteiger partial charge in [0.2, 0.25) is 5.89 Å². The monoisotopic (exact) mass is 238 g/mol. The van der Waals surface area contributed by atoms with Crippen LogP contribution in [0.5, 0.6) is 0 Å². The van der Waals surface area contributed by atoms with Gasteiger partial charge in [-0.05, 0) is 25.8 Å². The molecule has 0 bridgehead atoms. The first kappa shape index (κ1) is 10.7. The molecule has 3 heterocycles. The second-order valence-corrected chi connectivity index (χ2v) is 4.20. The number of rotatable bonds is 2. The summed E-state index contributed by atoms with van der Waals surface area (Å²) >= 11 is 0. The number of hydrogen-bond donors (Lipinski definition) is 1. The topological polar surface area (TPSA) is 80.5 Å². The van der Waals surface area contributed by atoms with Crippen LogP contribution in [0.15, 0.2) is 4.52 Å². The Bertz CT molecular complexity index is 407. The van der Waals surface area contributed by atoms with Crippen molar-refractivity contribution in [3.8, 4) is 0 Å². The van der Waals surface area contributed by atoms with Crippen LogP contribution in [0, 0.1) is 0 Å². The highest BCUT2D eigenvalue weighted by Gasteiger charge is 2.28. The minimum Gasteiger partial charge on any atom is -0.337 e. The summed E-state index contributed by atoms with van der Waals surface area (Å²) in [4.78, 5) is 21.1. The van der Waals surface area contributed by atoms with Gasteiger partial charge in [0.25, 0.3) is 5.82 Å². The van der Waals surface area contributed by atoms with Crippen molar-refractivity contribution in [2.24, 2.45) is 0 Å². The molecule has 17 heavy (non-hydrogen) atoms. The zero-order chi connectivity index (χ0) is 11.7. The molecule has 0 saturated carbocycles. The van der Waals surface area contributed by atoms with Crippen LogP contribution >= 0.6 is 0 Å². The molecule has 1 amide bonds. The molecule has 1 N–H and O–H groups in total. The molecule has 92 valence electrons. The normalized spacial score (nSPS) is 24.5. The van der Waals surface area contributed by atoms with E-state index in [2.05, 4.69) is 15.5 Å². The van der Waals surface area contributed by atoms with Crippen LogP contribution in [-0.2, 0) is 4.84 Å². The molecule has 1 atom stereocenters. The van der Waals surface area contributed by atoms with Crippen LogP contribution in [0.4, 0.5) is 0 Å². The standard InChI is InChI=1S/C10H14N4O3/c15-10(14-5-2-6-16-14)8-12-9(17-13-8)7-3-1-4-11-7/h7,11H,1-6H2. The van der Waals surface area contributed by atoms with Crippen LogP contribution in [0.2, 0.25) is 0 Å². The summed E-state index contributed by atoms with van der Waals surface area (Å²) in [6.45, 7) is 2.11. The average molecular weight is 238 g/mol. The number of hydroxylamine groups is 2. The minimum absolute atomic E-state index is 0.0793. The number of nitrogens with one attached hydrogen (secondary N) is 1. The lowest BCUT2D eigenvalue weighted by molar-refractivity contribution is -0.0776. The van der Waals surface area contributed by atoms with Gasteiger partial charge in [0.05, 0.1) is 19.2 Å². The van der Waals surface area contributed by atoms with E-state index in [-0.39, 0.29) is 17.8 Å². The first-order valence-corrected chi connectivity index (χ1v) is 5.86. The third-order valence-corrected chi connectivity index (χ3v) is 2.97. The van der Waals surface area contributed by atoms with Gasteiger partial charge < -0.3 is 9.84 Å². The SMILES string of the molecule is O=C(c1noc(C2CCCN2)n1)N1CCCO1. The highest BCUT2D eigenvalue weighted by atomic mass is 16.7. The minimum atomic E-state index is -0.324. The number of hydrogen-bond acceptors (Lipinski definition) is 6. The first-order chi connectivity index (χ1) is 8.34. The molecular weight excluding hydrogens is 224 g/mol. The summed E-state index contributed by atoms with van der Waals surface area (Å²) in [5.74, 6) is 0.246. The number of aromatic nitrogens is 2. The fraction of sp³-hybridized carbons (Fsp3) is 0.700. The van der Waals surface area contributed by atoms with Crippen molar-refractivity contribution in [2.75, 3.05) is 19.7 Å². The van der Waals surface area contributed by atoms with Crippen molar-refractivity contribution in [2.45, 2.75) is 25.3 Å². The molecule has 7 nitrogen and oxygen atoms in total. The van der Waals surface area contributed by atoms with Crippen molar-refractivity contribution < 1.29 is 14.2 Å². The van der Waals surface area contributed by atoms with Crippen molar-refractivity contribution in [1.82, 2.24) is 20.5 Å². The van der Waals surface area contributed by atoms with E-state index >= 15 is 0 Å². The first-order valence-electron chi connectivity index (χ1n) is 5.86. The molecule has 1 aromatic rings. The van der Waals surface area contributed by atoms with Crippen molar-refractivity contribution >= 4 is 5.91 Å². The van der Waals surface area contributed by atoms with E-state index in [0.717, 1.165) is 25.8 Å². The molecule has 0 aromatic carbocycles. The Morgan fingerprint density at radius 2 is 2.41 bits per heavy atom. The largest absolute Gasteiger partial charge is 0.337 e. The van der Waals surface area contributed by atoms with Crippen LogP contribution < -0.4 is 5.32 Å². The van der Waals surface area contributed by atoms with Crippen LogP contribution in [0.1, 0.15) is 41.8 Å². The fourth-order valence-corrected chi connectivity index (χ4v) is 2.08. The van der Waals surface area contributed by atoms with Gasteiger partial charge >= 0.3 is 5.91 Å². The van der Waals surface area contributed by atoms with E-state index in [1.807, 2.05) is 0 Å². The van der Waals surface area contributed by atoms with E-state index < -0.39 is 0 Å². The van der Waals surface area contributed by atoms with Gasteiger partial charge in [-0.15, -0.1) is 0 Å². The molecular formula is C10H14N4O3. The number of carbonyl (C=O) groups excluding carboxylic acids is 1. The molecule has 7 heteroatoms. The summed E-state index contributed by atoms with van der Waals surface area (Å²) in [5.41, 5.74) is 0. The van der Waals surface area contributed by atoms with Gasteiger partial charge in [-0.25, -0.2) is 5.06 Å². The van der Waals surface area contributed by atoms with Crippen LogP contribution in [0.25, 0.3) is 0 Å². The van der Waals surface area contributed by atoms with E-state index in [0.29, 0.717) is 19.0 Å². The number of nitrogens with zero attached hydrogens (tertiary/aromatic N) is 3. The number of amides is 1. The van der Waals surface area contributed by atoms with Gasteiger partial charge in [-0.1, -0.05) is 5.16 Å². The predicted molar refractivity (Wildman–Crippen MR) is 55.9 cm³/mol. The Labute approximate surface area is 98.1 Å². The molecule has 2 aliphatic heterocycles. The van der Waals surface area contributed by atoms with E-state index in [1.165, 1.54) is 5.06 Å². The molecule has 1 aromatic heterocycles. The van der Waals surface area contributed by atoms with Gasteiger partial charge in [-0.2, -0.15) is 4.98 Å². The zero-order valence-electron chi connectivity index (χ0n) is 9.39. The van der Waals surface area contributed by atoms with Gasteiger partial charge in [-0.3, -0.25) is 9.63 Å². The summed E-state index contributed by atoms with van der Waals surface area (Å²) in [6, 6.07) is 0.0866. The predicted octanol–water partition coefficient (Wildman–Crippen LogP) is 0.272. The molecule has 2 saturated heterocycles. The second-order valence-electron chi connectivity index (χ2n) is 4.20. The average Bonchev–Trinajstić information content (AvgIpc) is 3.09. The van der Waals surface area contributed by atoms with E-state index in [9.17, 15) is 4.79 Å². The van der Waals surface area contributed by atoms with Gasteiger partial charge in [0.1, 0.15) is 0 Å². The Hall–Kier alpha value is -1.47. The third kappa shape index (κ3) is 2.03. The highest BCUT2D eigenvalue weighted by molar-refractivity contribution is 5.89. The lowest BCUT2D eigenvalue weighted by Crippen LogP contribution is -2.27. The fourth-order valence-electron chi connectivity index (χ4n) is 2.08. The molecule has 0 radical (unpaired) electrons. The maximum Gasteiger partial charge on any atom is 0.318 e. The van der Waals surface area contributed by atoms with Crippen molar-refractivity contribution in [3.63, 3.8) is 0 Å². The smallest absolute Gasteiger partial charge is 0.318 e. The van der Waals surface area contributed by atoms with Crippen LogP contribution in [0.3, 0.4) is 0 Å². The lowest BCUT2D eigenvalue weighted by Gasteiger charge is -2.10. The summed E-state index contributed by atoms with van der Waals surface area (Å²) < 4.78 is 5.10. The van der Waals surface area contributed by atoms with E-state index in [4.69, 9.17) is 9.36 Å². The second kappa shape index (κ2) is 4.42. The molecule has 2 fully saturated rings. The Morgan fingerprint density at radius 3 is 3.12 bits per heavy atom. The maximum absolute atomic E-state index is 11.9. The lowest BCUT2D eigenvalue weighted by atomic mass is 10.2. The van der Waals surface area contributed by atoms with Gasteiger partial charge in [0, 0.05) is 0 Å². The molecule has 3 rings (SSSR count). The highest BCUT2D eigenvalue weighted by Crippen LogP contribution is 2.21. The molecule has 0 aliphatic carbocycles. The Kier molecular flexibility index (Phi) is 2.77. The summed E-state index contributed by atoms with van der Waals surface area (Å²) in [7, 11) is 0. The van der Waals surface area contributed by atoms with Crippen LogP contribution in [-0.4, -0.2) is 40.8 Å². The quantitative estimate of drug-likeness (QED) is 0.796. The Morgan fingerprint density at radius 1 is 1.47 bits per heavy atom. The number of carbonyl (C=O) groups is 1. The molecule has 0 spiro atoms. The zero-order valence-corrected chi connectivity index (χ0v) is 9.39. The van der Waals surface area contributed by atoms with Gasteiger partial charge in [0.15, 0.2) is 0 Å². The molecule has 1 unspecified atom stereocenters. The van der Waals surface area contributed by atoms with Crippen molar-refractivity contribution in [3.05, 3.63) is 11.7 Å². The summed E-state index contributed by atoms with van der Waals surface area (Å²) in [6.07, 6.45) is 2.90. The summed E-state index contributed by atoms with van der Waals surface area (Å²) in [5, 5.41) is 8.24. The molecule has 2 aliphatic rings. The maximum atomic E-state index is 11.9. The third-order valence-electron chi connectivity index (χ3n) is 2.97. The Balaban J connectivity index is 1.72. The van der Waals surface area contributed by atoms with Crippen molar-refractivity contribution in [1.29, 1.82) is 0 Å². The van der Waals surface area contributed by atoms with E-state index in [1.54, 1.807) is 0 Å².